The fourth-order valence-corrected chi connectivity index (χ4v) is 2.03. The number of hydrogen-bond acceptors (Lipinski definition) is 4. The van der Waals surface area contributed by atoms with Crippen LogP contribution in [-0.4, -0.2) is 23.4 Å². The van der Waals surface area contributed by atoms with Crippen LogP contribution < -0.4 is 11.3 Å². The van der Waals surface area contributed by atoms with Gasteiger partial charge in [-0.25, -0.2) is 5.84 Å². The summed E-state index contributed by atoms with van der Waals surface area (Å²) in [6, 6.07) is 2.26. The largest absolute Gasteiger partial charge is 0.459 e. The zero-order valence-corrected chi connectivity index (χ0v) is 12.1. The topological polar surface area (TPSA) is 71.5 Å². The molecule has 0 aliphatic heterocycles. The number of hydrogen-bond donors (Lipinski definition) is 2. The molecule has 0 saturated heterocycles. The second kappa shape index (κ2) is 7.96. The monoisotopic (exact) mass is 267 g/mol. The highest BCUT2D eigenvalue weighted by Gasteiger charge is 2.18. The zero-order chi connectivity index (χ0) is 14.3. The number of furan rings is 1. The average Bonchev–Trinajstić information content (AvgIpc) is 2.84. The maximum absolute atomic E-state index is 11.6. The lowest BCUT2D eigenvalue weighted by molar-refractivity contribution is 0.0922. The predicted octanol–water partition coefficient (Wildman–Crippen LogP) is 2.28. The fourth-order valence-electron chi connectivity index (χ4n) is 2.03. The zero-order valence-electron chi connectivity index (χ0n) is 12.1. The van der Waals surface area contributed by atoms with Gasteiger partial charge in [-0.15, -0.1) is 0 Å². The normalized spacial score (nSPS) is 11.3. The number of carbonyl (C=O) groups is 1. The SMILES string of the molecule is CCCCCN(Cc1ccoc1C(=O)NN)C(C)C. The van der Waals surface area contributed by atoms with Crippen LogP contribution in [0.2, 0.25) is 0 Å². The summed E-state index contributed by atoms with van der Waals surface area (Å²) in [5.41, 5.74) is 2.99. The number of nitrogens with zero attached hydrogens (tertiary/aromatic N) is 1. The average molecular weight is 267 g/mol. The van der Waals surface area contributed by atoms with Crippen molar-refractivity contribution < 1.29 is 9.21 Å². The van der Waals surface area contributed by atoms with E-state index in [9.17, 15) is 4.79 Å². The predicted molar refractivity (Wildman–Crippen MR) is 75.4 cm³/mol. The number of hydrazine groups is 1. The minimum Gasteiger partial charge on any atom is -0.459 e. The number of carbonyl (C=O) groups excluding carboxylic acids is 1. The summed E-state index contributed by atoms with van der Waals surface area (Å²) in [5, 5.41) is 0. The van der Waals surface area contributed by atoms with Gasteiger partial charge >= 0.3 is 5.91 Å². The van der Waals surface area contributed by atoms with Gasteiger partial charge in [0.15, 0.2) is 5.76 Å². The standard InChI is InChI=1S/C14H25N3O2/c1-4-5-6-8-17(11(2)3)10-12-7-9-19-13(12)14(18)16-15/h7,9,11H,4-6,8,10,15H2,1-3H3,(H,16,18). The van der Waals surface area contributed by atoms with Crippen LogP contribution >= 0.6 is 0 Å². The van der Waals surface area contributed by atoms with Crippen molar-refractivity contribution in [3.8, 4) is 0 Å². The Labute approximate surface area is 115 Å². The van der Waals surface area contributed by atoms with E-state index >= 15 is 0 Å². The van der Waals surface area contributed by atoms with Crippen molar-refractivity contribution >= 4 is 5.91 Å². The molecule has 3 N–H and O–H groups in total. The fraction of sp³-hybridized carbons (Fsp3) is 0.643. The smallest absolute Gasteiger partial charge is 0.301 e. The summed E-state index contributed by atoms with van der Waals surface area (Å²) in [7, 11) is 0. The molecule has 0 unspecified atom stereocenters. The lowest BCUT2D eigenvalue weighted by Gasteiger charge is -2.26. The highest BCUT2D eigenvalue weighted by Crippen LogP contribution is 2.15. The summed E-state index contributed by atoms with van der Waals surface area (Å²) in [6.07, 6.45) is 5.14. The minimum atomic E-state index is -0.378. The van der Waals surface area contributed by atoms with Gasteiger partial charge in [-0.3, -0.25) is 15.1 Å². The van der Waals surface area contributed by atoms with E-state index in [2.05, 4.69) is 31.1 Å². The third-order valence-electron chi connectivity index (χ3n) is 3.24. The van der Waals surface area contributed by atoms with Crippen molar-refractivity contribution in [3.63, 3.8) is 0 Å². The minimum absolute atomic E-state index is 0.309. The van der Waals surface area contributed by atoms with Gasteiger partial charge in [0.25, 0.3) is 0 Å². The lowest BCUT2D eigenvalue weighted by Crippen LogP contribution is -2.34. The second-order valence-electron chi connectivity index (χ2n) is 5.02. The molecule has 5 nitrogen and oxygen atoms in total. The molecule has 0 fully saturated rings. The number of nitrogens with one attached hydrogen (secondary N) is 1. The number of rotatable bonds is 8. The first-order chi connectivity index (χ1) is 9.10. The summed E-state index contributed by atoms with van der Waals surface area (Å²) in [5.74, 6) is 5.08. The number of nitrogens with two attached hydrogens (primary N) is 1. The number of nitrogen functional groups attached to an aromatic ring is 1. The van der Waals surface area contributed by atoms with Crippen LogP contribution in [0, 0.1) is 0 Å². The molecule has 1 heterocycles. The van der Waals surface area contributed by atoms with Crippen molar-refractivity contribution in [2.24, 2.45) is 5.84 Å². The van der Waals surface area contributed by atoms with Gasteiger partial charge in [0, 0.05) is 18.2 Å². The summed E-state index contributed by atoms with van der Waals surface area (Å²) in [4.78, 5) is 13.9. The van der Waals surface area contributed by atoms with Crippen LogP contribution in [0.4, 0.5) is 0 Å². The molecule has 1 amide bonds. The van der Waals surface area contributed by atoms with Gasteiger partial charge in [0.1, 0.15) is 0 Å². The van der Waals surface area contributed by atoms with Crippen LogP contribution in [0.1, 0.15) is 56.2 Å². The molecule has 1 aromatic rings. The van der Waals surface area contributed by atoms with Crippen molar-refractivity contribution in [2.75, 3.05) is 6.54 Å². The molecule has 1 aromatic heterocycles. The van der Waals surface area contributed by atoms with E-state index in [0.717, 1.165) is 12.1 Å². The van der Waals surface area contributed by atoms with Crippen LogP contribution in [0.3, 0.4) is 0 Å². The first kappa shape index (κ1) is 15.7. The summed E-state index contributed by atoms with van der Waals surface area (Å²) in [6.45, 7) is 8.25. The molecule has 0 atom stereocenters. The first-order valence-electron chi connectivity index (χ1n) is 6.91. The molecule has 19 heavy (non-hydrogen) atoms. The third-order valence-corrected chi connectivity index (χ3v) is 3.24. The molecule has 0 radical (unpaired) electrons. The Balaban J connectivity index is 2.68. The third kappa shape index (κ3) is 4.69. The molecule has 5 heteroatoms. The van der Waals surface area contributed by atoms with Crippen LogP contribution in [0.15, 0.2) is 16.7 Å². The molecular formula is C14H25N3O2. The summed E-state index contributed by atoms with van der Waals surface area (Å²) >= 11 is 0. The van der Waals surface area contributed by atoms with E-state index in [-0.39, 0.29) is 5.91 Å². The van der Waals surface area contributed by atoms with Gasteiger partial charge in [-0.2, -0.15) is 0 Å². The van der Waals surface area contributed by atoms with E-state index in [1.807, 2.05) is 6.07 Å². The Kier molecular flexibility index (Phi) is 6.59. The lowest BCUT2D eigenvalue weighted by atomic mass is 10.1. The Bertz CT molecular complexity index is 388. The highest BCUT2D eigenvalue weighted by molar-refractivity contribution is 5.92. The Morgan fingerprint density at radius 3 is 2.79 bits per heavy atom. The molecule has 0 spiro atoms. The maximum Gasteiger partial charge on any atom is 0.301 e. The van der Waals surface area contributed by atoms with E-state index in [1.54, 1.807) is 0 Å². The first-order valence-corrected chi connectivity index (χ1v) is 6.91. The Morgan fingerprint density at radius 2 is 2.21 bits per heavy atom. The molecule has 0 aliphatic rings. The van der Waals surface area contributed by atoms with Gasteiger partial charge in [-0.1, -0.05) is 19.8 Å². The summed E-state index contributed by atoms with van der Waals surface area (Å²) < 4.78 is 5.20. The Morgan fingerprint density at radius 1 is 1.47 bits per heavy atom. The van der Waals surface area contributed by atoms with E-state index in [1.165, 1.54) is 25.5 Å². The highest BCUT2D eigenvalue weighted by atomic mass is 16.3. The van der Waals surface area contributed by atoms with Crippen molar-refractivity contribution in [1.29, 1.82) is 0 Å². The van der Waals surface area contributed by atoms with Gasteiger partial charge in [0.05, 0.1) is 6.26 Å². The van der Waals surface area contributed by atoms with Crippen LogP contribution in [0.5, 0.6) is 0 Å². The van der Waals surface area contributed by atoms with Gasteiger partial charge in [-0.05, 0) is 32.9 Å². The molecule has 1 rings (SSSR count). The number of amides is 1. The molecule has 0 saturated carbocycles. The van der Waals surface area contributed by atoms with Crippen molar-refractivity contribution in [3.05, 3.63) is 23.7 Å². The van der Waals surface area contributed by atoms with E-state index < -0.39 is 0 Å². The van der Waals surface area contributed by atoms with Gasteiger partial charge < -0.3 is 4.42 Å². The van der Waals surface area contributed by atoms with Crippen molar-refractivity contribution in [2.45, 2.75) is 52.6 Å². The Hall–Kier alpha value is -1.33. The molecule has 0 aromatic carbocycles. The van der Waals surface area contributed by atoms with E-state index in [4.69, 9.17) is 10.3 Å². The maximum atomic E-state index is 11.6. The molecule has 108 valence electrons. The molecule has 0 bridgehead atoms. The van der Waals surface area contributed by atoms with Crippen LogP contribution in [-0.2, 0) is 6.54 Å². The molecule has 0 aliphatic carbocycles. The van der Waals surface area contributed by atoms with E-state index in [0.29, 0.717) is 18.3 Å². The van der Waals surface area contributed by atoms with Crippen molar-refractivity contribution in [1.82, 2.24) is 10.3 Å². The molecular weight excluding hydrogens is 242 g/mol. The quantitative estimate of drug-likeness (QED) is 0.328. The number of unbranched alkanes of at least 4 members (excludes halogenated alkanes) is 2. The van der Waals surface area contributed by atoms with Crippen LogP contribution in [0.25, 0.3) is 0 Å². The van der Waals surface area contributed by atoms with Gasteiger partial charge in [0.2, 0.25) is 0 Å². The second-order valence-corrected chi connectivity index (χ2v) is 5.02.